The van der Waals surface area contributed by atoms with E-state index in [1.54, 1.807) is 24.1 Å². The minimum Gasteiger partial charge on any atom is -0.497 e. The van der Waals surface area contributed by atoms with Gasteiger partial charge in [0.25, 0.3) is 5.91 Å². The quantitative estimate of drug-likeness (QED) is 0.408. The summed E-state index contributed by atoms with van der Waals surface area (Å²) in [6, 6.07) is 27.8. The summed E-state index contributed by atoms with van der Waals surface area (Å²) >= 11 is 0. The Hall–Kier alpha value is -3.66. The van der Waals surface area contributed by atoms with Crippen molar-refractivity contribution >= 4 is 16.7 Å². The number of hydrogen-bond donors (Lipinski definition) is 0. The van der Waals surface area contributed by atoms with Gasteiger partial charge in [-0.2, -0.15) is 0 Å². The van der Waals surface area contributed by atoms with Crippen LogP contribution in [0.2, 0.25) is 0 Å². The third kappa shape index (κ3) is 4.18. The maximum absolute atomic E-state index is 14.4. The molecular weight excluding hydrogens is 377 g/mol. The number of rotatable bonds is 6. The van der Waals surface area contributed by atoms with Gasteiger partial charge in [-0.25, -0.2) is 4.39 Å². The van der Waals surface area contributed by atoms with E-state index in [0.29, 0.717) is 13.1 Å². The largest absolute Gasteiger partial charge is 0.497 e. The zero-order valence-corrected chi connectivity index (χ0v) is 16.7. The lowest BCUT2D eigenvalue weighted by Gasteiger charge is -2.24. The molecule has 0 atom stereocenters. The standard InChI is InChI=1S/C26H22FNO2/c1-30-22-15-13-19(14-16-22)17-28(26(29)24-11-4-5-12-25(24)27)18-21-9-6-8-20-7-2-3-10-23(20)21/h2-16H,17-18H2,1H3. The van der Waals surface area contributed by atoms with Gasteiger partial charge in [0.15, 0.2) is 0 Å². The second-order valence-electron chi connectivity index (χ2n) is 7.13. The lowest BCUT2D eigenvalue weighted by Crippen LogP contribution is -2.31. The van der Waals surface area contributed by atoms with Gasteiger partial charge in [0.05, 0.1) is 12.7 Å². The average Bonchev–Trinajstić information content (AvgIpc) is 2.79. The molecule has 0 unspecified atom stereocenters. The molecule has 0 aromatic heterocycles. The van der Waals surface area contributed by atoms with E-state index >= 15 is 0 Å². The topological polar surface area (TPSA) is 29.5 Å². The number of carbonyl (C=O) groups excluding carboxylic acids is 1. The summed E-state index contributed by atoms with van der Waals surface area (Å²) in [5, 5.41) is 2.19. The van der Waals surface area contributed by atoms with Gasteiger partial charge in [0.2, 0.25) is 0 Å². The summed E-state index contributed by atoms with van der Waals surface area (Å²) in [4.78, 5) is 15.0. The van der Waals surface area contributed by atoms with Gasteiger partial charge in [0, 0.05) is 13.1 Å². The van der Waals surface area contributed by atoms with Crippen molar-refractivity contribution in [2.45, 2.75) is 13.1 Å². The molecule has 30 heavy (non-hydrogen) atoms. The highest BCUT2D eigenvalue weighted by molar-refractivity contribution is 5.95. The molecule has 0 saturated heterocycles. The van der Waals surface area contributed by atoms with Crippen molar-refractivity contribution in [2.75, 3.05) is 7.11 Å². The monoisotopic (exact) mass is 399 g/mol. The van der Waals surface area contributed by atoms with Crippen LogP contribution >= 0.6 is 0 Å². The van der Waals surface area contributed by atoms with E-state index < -0.39 is 5.82 Å². The zero-order chi connectivity index (χ0) is 20.9. The van der Waals surface area contributed by atoms with E-state index in [0.717, 1.165) is 27.6 Å². The Kier molecular flexibility index (Phi) is 5.75. The van der Waals surface area contributed by atoms with E-state index in [9.17, 15) is 9.18 Å². The molecule has 4 aromatic rings. The van der Waals surface area contributed by atoms with Gasteiger partial charge < -0.3 is 9.64 Å². The molecule has 0 saturated carbocycles. The summed E-state index contributed by atoms with van der Waals surface area (Å²) < 4.78 is 19.6. The number of methoxy groups -OCH3 is 1. The van der Waals surface area contributed by atoms with Gasteiger partial charge in [-0.05, 0) is 46.2 Å². The second kappa shape index (κ2) is 8.78. The van der Waals surface area contributed by atoms with Crippen LogP contribution in [0.4, 0.5) is 4.39 Å². The predicted molar refractivity (Wildman–Crippen MR) is 117 cm³/mol. The first kappa shape index (κ1) is 19.6. The Balaban J connectivity index is 1.70. The smallest absolute Gasteiger partial charge is 0.257 e. The van der Waals surface area contributed by atoms with Crippen LogP contribution in [0.15, 0.2) is 91.0 Å². The minimum absolute atomic E-state index is 0.0752. The minimum atomic E-state index is -0.514. The molecule has 0 aliphatic rings. The van der Waals surface area contributed by atoms with Crippen molar-refractivity contribution in [3.05, 3.63) is 114 Å². The van der Waals surface area contributed by atoms with E-state index in [1.807, 2.05) is 66.7 Å². The van der Waals surface area contributed by atoms with Gasteiger partial charge in [-0.3, -0.25) is 4.79 Å². The van der Waals surface area contributed by atoms with Crippen LogP contribution in [0.25, 0.3) is 10.8 Å². The second-order valence-corrected chi connectivity index (χ2v) is 7.13. The van der Waals surface area contributed by atoms with Gasteiger partial charge >= 0.3 is 0 Å². The molecule has 0 fully saturated rings. The number of halogens is 1. The predicted octanol–water partition coefficient (Wildman–Crippen LogP) is 5.83. The van der Waals surface area contributed by atoms with E-state index in [1.165, 1.54) is 12.1 Å². The number of fused-ring (bicyclic) bond motifs is 1. The highest BCUT2D eigenvalue weighted by atomic mass is 19.1. The zero-order valence-electron chi connectivity index (χ0n) is 16.7. The molecule has 0 bridgehead atoms. The molecule has 0 heterocycles. The highest BCUT2D eigenvalue weighted by Gasteiger charge is 2.20. The molecule has 0 aliphatic heterocycles. The fraction of sp³-hybridized carbons (Fsp3) is 0.115. The van der Waals surface area contributed by atoms with Crippen LogP contribution in [0.1, 0.15) is 21.5 Å². The maximum Gasteiger partial charge on any atom is 0.257 e. The molecule has 0 radical (unpaired) electrons. The molecule has 0 aliphatic carbocycles. The van der Waals surface area contributed by atoms with Crippen LogP contribution in [0.5, 0.6) is 5.75 Å². The maximum atomic E-state index is 14.4. The van der Waals surface area contributed by atoms with Crippen molar-refractivity contribution in [1.82, 2.24) is 4.90 Å². The Morgan fingerprint density at radius 2 is 1.53 bits per heavy atom. The van der Waals surface area contributed by atoms with Gasteiger partial charge in [0.1, 0.15) is 11.6 Å². The molecule has 4 heteroatoms. The van der Waals surface area contributed by atoms with E-state index in [2.05, 4.69) is 0 Å². The van der Waals surface area contributed by atoms with Crippen LogP contribution in [0.3, 0.4) is 0 Å². The molecule has 3 nitrogen and oxygen atoms in total. The third-order valence-electron chi connectivity index (χ3n) is 5.17. The highest BCUT2D eigenvalue weighted by Crippen LogP contribution is 2.23. The molecule has 0 spiro atoms. The van der Waals surface area contributed by atoms with Crippen LogP contribution in [-0.2, 0) is 13.1 Å². The number of carbonyl (C=O) groups is 1. The SMILES string of the molecule is COc1ccc(CN(Cc2cccc3ccccc23)C(=O)c2ccccc2F)cc1. The van der Waals surface area contributed by atoms with Crippen LogP contribution in [0, 0.1) is 5.82 Å². The molecule has 4 rings (SSSR count). The van der Waals surface area contributed by atoms with E-state index in [-0.39, 0.29) is 11.5 Å². The average molecular weight is 399 g/mol. The summed E-state index contributed by atoms with van der Waals surface area (Å²) in [5.74, 6) is -0.100. The van der Waals surface area contributed by atoms with E-state index in [4.69, 9.17) is 4.74 Å². The Morgan fingerprint density at radius 1 is 0.833 bits per heavy atom. The molecule has 0 N–H and O–H groups in total. The molecule has 1 amide bonds. The first-order valence-corrected chi connectivity index (χ1v) is 9.79. The fourth-order valence-electron chi connectivity index (χ4n) is 3.59. The van der Waals surface area contributed by atoms with Gasteiger partial charge in [-0.15, -0.1) is 0 Å². The first-order valence-electron chi connectivity index (χ1n) is 9.79. The normalized spacial score (nSPS) is 10.7. The van der Waals surface area contributed by atoms with Gasteiger partial charge in [-0.1, -0.05) is 66.7 Å². The molecule has 4 aromatic carbocycles. The number of benzene rings is 4. The molecule has 150 valence electrons. The van der Waals surface area contributed by atoms with Crippen molar-refractivity contribution in [2.24, 2.45) is 0 Å². The summed E-state index contributed by atoms with van der Waals surface area (Å²) in [6.45, 7) is 0.737. The Labute approximate surface area is 175 Å². The van der Waals surface area contributed by atoms with Crippen molar-refractivity contribution in [3.63, 3.8) is 0 Å². The summed E-state index contributed by atoms with van der Waals surface area (Å²) in [7, 11) is 1.61. The van der Waals surface area contributed by atoms with Crippen LogP contribution in [-0.4, -0.2) is 17.9 Å². The van der Waals surface area contributed by atoms with Crippen molar-refractivity contribution in [3.8, 4) is 5.75 Å². The molecular formula is C26H22FNO2. The Morgan fingerprint density at radius 3 is 2.30 bits per heavy atom. The summed E-state index contributed by atoms with van der Waals surface area (Å²) in [5.41, 5.74) is 2.04. The Bertz CT molecular complexity index is 1170. The van der Waals surface area contributed by atoms with Crippen LogP contribution < -0.4 is 4.74 Å². The third-order valence-corrected chi connectivity index (χ3v) is 5.17. The number of nitrogens with zero attached hydrogens (tertiary/aromatic N) is 1. The number of ether oxygens (including phenoxy) is 1. The fourth-order valence-corrected chi connectivity index (χ4v) is 3.59. The lowest BCUT2D eigenvalue weighted by molar-refractivity contribution is 0.0726. The first-order chi connectivity index (χ1) is 14.7. The number of hydrogen-bond acceptors (Lipinski definition) is 2. The summed E-state index contributed by atoms with van der Waals surface area (Å²) in [6.07, 6.45) is 0. The number of amides is 1. The van der Waals surface area contributed by atoms with Crippen molar-refractivity contribution < 1.29 is 13.9 Å². The lowest BCUT2D eigenvalue weighted by atomic mass is 10.0. The van der Waals surface area contributed by atoms with Crippen molar-refractivity contribution in [1.29, 1.82) is 0 Å².